The smallest absolute Gasteiger partial charge is 0.126 e. The monoisotopic (exact) mass is 239 g/mol. The molecule has 86 valence electrons. The number of β-amino-alcohol motifs (C(OH)–C–C–N with tert-alkyl or cyclic N) is 1. The molecular weight excluding hydrogens is 226 g/mol. The molecule has 1 atom stereocenters. The van der Waals surface area contributed by atoms with Crippen LogP contribution in [-0.2, 0) is 0 Å². The molecule has 4 N–H and O–H groups in total. The zero-order valence-electron chi connectivity index (χ0n) is 8.78. The van der Waals surface area contributed by atoms with Crippen LogP contribution in [0.25, 0.3) is 0 Å². The number of halogens is 1. The Hall–Kier alpha value is -1.26. The largest absolute Gasteiger partial charge is 0.391 e. The number of amidine groups is 1. The minimum absolute atomic E-state index is 0.0398. The van der Waals surface area contributed by atoms with Gasteiger partial charge in [0, 0.05) is 18.8 Å². The number of rotatable bonds is 2. The average molecular weight is 240 g/mol. The molecule has 2 rings (SSSR count). The molecule has 0 aromatic heterocycles. The third-order valence-electron chi connectivity index (χ3n) is 2.77. The lowest BCUT2D eigenvalue weighted by molar-refractivity contribution is 0.198. The van der Waals surface area contributed by atoms with E-state index >= 15 is 0 Å². The van der Waals surface area contributed by atoms with Crippen LogP contribution in [0.3, 0.4) is 0 Å². The summed E-state index contributed by atoms with van der Waals surface area (Å²) in [5.41, 5.74) is 6.91. The first kappa shape index (κ1) is 11.2. The molecule has 4 nitrogen and oxygen atoms in total. The van der Waals surface area contributed by atoms with E-state index in [0.29, 0.717) is 17.1 Å². The number of nitrogen functional groups attached to an aromatic ring is 1. The van der Waals surface area contributed by atoms with Crippen molar-refractivity contribution in [2.45, 2.75) is 12.5 Å². The summed E-state index contributed by atoms with van der Waals surface area (Å²) in [6.07, 6.45) is 0.433. The highest BCUT2D eigenvalue weighted by Crippen LogP contribution is 2.29. The molecule has 1 saturated heterocycles. The highest BCUT2D eigenvalue weighted by molar-refractivity contribution is 6.34. The zero-order chi connectivity index (χ0) is 11.7. The fraction of sp³-hybridized carbons (Fsp3) is 0.364. The van der Waals surface area contributed by atoms with E-state index in [-0.39, 0.29) is 11.9 Å². The van der Waals surface area contributed by atoms with Crippen molar-refractivity contribution in [1.82, 2.24) is 0 Å². The number of hydrogen-bond acceptors (Lipinski definition) is 3. The fourth-order valence-corrected chi connectivity index (χ4v) is 2.27. The SMILES string of the molecule is N=C(N)c1c(Cl)cccc1N1CCC(O)C1. The molecule has 1 aromatic rings. The Kier molecular flexibility index (Phi) is 3.03. The molecule has 0 amide bonds. The normalized spacial score (nSPS) is 20.1. The average Bonchev–Trinajstić information content (AvgIpc) is 2.63. The third-order valence-corrected chi connectivity index (χ3v) is 3.08. The van der Waals surface area contributed by atoms with Gasteiger partial charge in [0.25, 0.3) is 0 Å². The molecule has 1 heterocycles. The Bertz CT molecular complexity index is 422. The molecule has 0 spiro atoms. The Balaban J connectivity index is 2.40. The van der Waals surface area contributed by atoms with Gasteiger partial charge >= 0.3 is 0 Å². The first-order valence-corrected chi connectivity index (χ1v) is 5.53. The summed E-state index contributed by atoms with van der Waals surface area (Å²) in [4.78, 5) is 2.01. The van der Waals surface area contributed by atoms with E-state index in [0.717, 1.165) is 18.7 Å². The van der Waals surface area contributed by atoms with Crippen molar-refractivity contribution >= 4 is 23.1 Å². The summed E-state index contributed by atoms with van der Waals surface area (Å²) >= 11 is 6.03. The van der Waals surface area contributed by atoms with Gasteiger partial charge in [-0.25, -0.2) is 0 Å². The van der Waals surface area contributed by atoms with E-state index in [9.17, 15) is 5.11 Å². The van der Waals surface area contributed by atoms with Gasteiger partial charge in [-0.05, 0) is 18.6 Å². The predicted molar refractivity (Wildman–Crippen MR) is 65.3 cm³/mol. The van der Waals surface area contributed by atoms with E-state index in [4.69, 9.17) is 22.7 Å². The number of nitrogens with two attached hydrogens (primary N) is 1. The maximum atomic E-state index is 9.50. The molecular formula is C11H14ClN3O. The van der Waals surface area contributed by atoms with Crippen LogP contribution in [0, 0.1) is 5.41 Å². The number of anilines is 1. The van der Waals surface area contributed by atoms with Crippen LogP contribution in [0.15, 0.2) is 18.2 Å². The quantitative estimate of drug-likeness (QED) is 0.536. The number of aliphatic hydroxyl groups is 1. The lowest BCUT2D eigenvalue weighted by Gasteiger charge is -2.21. The maximum Gasteiger partial charge on any atom is 0.126 e. The molecule has 0 bridgehead atoms. The maximum absolute atomic E-state index is 9.50. The third kappa shape index (κ3) is 1.99. The Labute approximate surface area is 99.1 Å². The van der Waals surface area contributed by atoms with Gasteiger partial charge in [-0.15, -0.1) is 0 Å². The number of nitrogens with one attached hydrogen (secondary N) is 1. The summed E-state index contributed by atoms with van der Waals surface area (Å²) in [6.45, 7) is 1.34. The first-order chi connectivity index (χ1) is 7.59. The zero-order valence-corrected chi connectivity index (χ0v) is 9.54. The van der Waals surface area contributed by atoms with Crippen LogP contribution < -0.4 is 10.6 Å². The molecule has 0 radical (unpaired) electrons. The molecule has 1 aliphatic heterocycles. The second kappa shape index (κ2) is 4.31. The Morgan fingerprint density at radius 3 is 2.88 bits per heavy atom. The molecule has 0 aliphatic carbocycles. The van der Waals surface area contributed by atoms with Gasteiger partial charge in [0.05, 0.1) is 16.7 Å². The van der Waals surface area contributed by atoms with Gasteiger partial charge in [0.15, 0.2) is 0 Å². The van der Waals surface area contributed by atoms with E-state index < -0.39 is 0 Å². The summed E-state index contributed by atoms with van der Waals surface area (Å²) in [5.74, 6) is -0.0398. The van der Waals surface area contributed by atoms with Crippen molar-refractivity contribution in [2.24, 2.45) is 5.73 Å². The molecule has 1 fully saturated rings. The van der Waals surface area contributed by atoms with Gasteiger partial charge in [-0.1, -0.05) is 17.7 Å². The summed E-state index contributed by atoms with van der Waals surface area (Å²) in [5, 5.41) is 17.5. The van der Waals surface area contributed by atoms with Crippen molar-refractivity contribution in [2.75, 3.05) is 18.0 Å². The summed E-state index contributed by atoms with van der Waals surface area (Å²) in [6, 6.07) is 5.42. The van der Waals surface area contributed by atoms with Crippen molar-refractivity contribution in [3.63, 3.8) is 0 Å². The van der Waals surface area contributed by atoms with Gasteiger partial charge in [-0.3, -0.25) is 5.41 Å². The predicted octanol–water partition coefficient (Wildman–Crippen LogP) is 1.20. The van der Waals surface area contributed by atoms with Gasteiger partial charge in [0.2, 0.25) is 0 Å². The second-order valence-electron chi connectivity index (χ2n) is 3.94. The standard InChI is InChI=1S/C11H14ClN3O/c12-8-2-1-3-9(10(8)11(13)14)15-5-4-7(16)6-15/h1-3,7,16H,4-6H2,(H3,13,14). The number of benzene rings is 1. The minimum atomic E-state index is -0.307. The van der Waals surface area contributed by atoms with Crippen molar-refractivity contribution in [3.05, 3.63) is 28.8 Å². The molecule has 5 heteroatoms. The topological polar surface area (TPSA) is 73.3 Å². The molecule has 0 saturated carbocycles. The first-order valence-electron chi connectivity index (χ1n) is 5.15. The summed E-state index contributed by atoms with van der Waals surface area (Å²) < 4.78 is 0. The number of hydrogen-bond donors (Lipinski definition) is 3. The van der Waals surface area contributed by atoms with E-state index in [1.807, 2.05) is 17.0 Å². The Morgan fingerprint density at radius 2 is 2.31 bits per heavy atom. The van der Waals surface area contributed by atoms with Crippen LogP contribution in [0.1, 0.15) is 12.0 Å². The molecule has 1 aliphatic rings. The van der Waals surface area contributed by atoms with Crippen molar-refractivity contribution < 1.29 is 5.11 Å². The van der Waals surface area contributed by atoms with E-state index in [1.54, 1.807) is 6.07 Å². The van der Waals surface area contributed by atoms with Crippen LogP contribution in [0.4, 0.5) is 5.69 Å². The summed E-state index contributed by atoms with van der Waals surface area (Å²) in [7, 11) is 0. The van der Waals surface area contributed by atoms with Crippen LogP contribution in [0.5, 0.6) is 0 Å². The molecule has 1 unspecified atom stereocenters. The highest BCUT2D eigenvalue weighted by atomic mass is 35.5. The van der Waals surface area contributed by atoms with Crippen LogP contribution in [-0.4, -0.2) is 30.1 Å². The lowest BCUT2D eigenvalue weighted by atomic mass is 10.1. The lowest BCUT2D eigenvalue weighted by Crippen LogP contribution is -2.25. The Morgan fingerprint density at radius 1 is 1.56 bits per heavy atom. The van der Waals surface area contributed by atoms with Crippen molar-refractivity contribution in [3.8, 4) is 0 Å². The van der Waals surface area contributed by atoms with E-state index in [1.165, 1.54) is 0 Å². The van der Waals surface area contributed by atoms with Gasteiger partial charge < -0.3 is 15.7 Å². The fourth-order valence-electron chi connectivity index (χ4n) is 2.00. The molecule has 16 heavy (non-hydrogen) atoms. The van der Waals surface area contributed by atoms with Crippen molar-refractivity contribution in [1.29, 1.82) is 5.41 Å². The second-order valence-corrected chi connectivity index (χ2v) is 4.34. The molecule has 1 aromatic carbocycles. The number of aliphatic hydroxyl groups excluding tert-OH is 1. The highest BCUT2D eigenvalue weighted by Gasteiger charge is 2.23. The van der Waals surface area contributed by atoms with Gasteiger partial charge in [0.1, 0.15) is 5.84 Å². The van der Waals surface area contributed by atoms with Crippen LogP contribution in [0.2, 0.25) is 5.02 Å². The van der Waals surface area contributed by atoms with Gasteiger partial charge in [-0.2, -0.15) is 0 Å². The van der Waals surface area contributed by atoms with Crippen LogP contribution >= 0.6 is 11.6 Å². The minimum Gasteiger partial charge on any atom is -0.391 e. The number of nitrogens with zero attached hydrogens (tertiary/aromatic N) is 1. The van der Waals surface area contributed by atoms with E-state index in [2.05, 4.69) is 0 Å².